The second-order valence-electron chi connectivity index (χ2n) is 6.90. The van der Waals surface area contributed by atoms with Crippen molar-refractivity contribution in [3.05, 3.63) is 17.2 Å². The van der Waals surface area contributed by atoms with Crippen LogP contribution in [0.25, 0.3) is 0 Å². The first-order chi connectivity index (χ1) is 10.2. The first-order valence-corrected chi connectivity index (χ1v) is 8.46. The van der Waals surface area contributed by atoms with Gasteiger partial charge in [0.05, 0.1) is 11.8 Å². The highest BCUT2D eigenvalue weighted by atomic mass is 16.5. The molecule has 4 heteroatoms. The summed E-state index contributed by atoms with van der Waals surface area (Å²) in [6, 6.07) is 0. The lowest BCUT2D eigenvalue weighted by Crippen LogP contribution is -2.47. The van der Waals surface area contributed by atoms with Crippen LogP contribution in [0.5, 0.6) is 0 Å². The van der Waals surface area contributed by atoms with Crippen LogP contribution in [0.2, 0.25) is 0 Å². The van der Waals surface area contributed by atoms with Gasteiger partial charge < -0.3 is 9.72 Å². The second kappa shape index (κ2) is 6.09. The minimum absolute atomic E-state index is 0.408. The molecule has 0 amide bonds. The maximum absolute atomic E-state index is 5.80. The number of aromatic amines is 1. The molecule has 1 aromatic heterocycles. The average Bonchev–Trinajstić information content (AvgIpc) is 3.03. The molecule has 2 atom stereocenters. The van der Waals surface area contributed by atoms with Gasteiger partial charge in [0.2, 0.25) is 0 Å². The Labute approximate surface area is 128 Å². The van der Waals surface area contributed by atoms with Crippen LogP contribution in [0.15, 0.2) is 0 Å². The van der Waals surface area contributed by atoms with Gasteiger partial charge in [-0.25, -0.2) is 4.98 Å². The Morgan fingerprint density at radius 1 is 1.38 bits per heavy atom. The van der Waals surface area contributed by atoms with E-state index in [1.807, 2.05) is 7.11 Å². The lowest BCUT2D eigenvalue weighted by Gasteiger charge is -2.43. The summed E-state index contributed by atoms with van der Waals surface area (Å²) in [6.45, 7) is 7.67. The number of hydrogen-bond donors (Lipinski definition) is 1. The third kappa shape index (κ3) is 2.88. The van der Waals surface area contributed by atoms with Crippen LogP contribution in [-0.2, 0) is 17.7 Å². The van der Waals surface area contributed by atoms with Crippen molar-refractivity contribution in [2.45, 2.75) is 65.0 Å². The van der Waals surface area contributed by atoms with Crippen molar-refractivity contribution >= 4 is 0 Å². The average molecular weight is 291 g/mol. The van der Waals surface area contributed by atoms with E-state index in [4.69, 9.17) is 9.72 Å². The zero-order valence-electron chi connectivity index (χ0n) is 13.7. The Balaban J connectivity index is 1.70. The zero-order valence-corrected chi connectivity index (χ0v) is 13.7. The van der Waals surface area contributed by atoms with Crippen LogP contribution in [0, 0.1) is 12.3 Å². The van der Waals surface area contributed by atoms with Gasteiger partial charge in [-0.15, -0.1) is 0 Å². The lowest BCUT2D eigenvalue weighted by atomic mass is 9.76. The molecule has 21 heavy (non-hydrogen) atoms. The van der Waals surface area contributed by atoms with E-state index in [9.17, 15) is 0 Å². The van der Waals surface area contributed by atoms with Gasteiger partial charge in [0.15, 0.2) is 0 Å². The van der Waals surface area contributed by atoms with Crippen molar-refractivity contribution in [2.24, 2.45) is 5.41 Å². The molecule has 1 aliphatic heterocycles. The fraction of sp³-hybridized carbons (Fsp3) is 0.824. The van der Waals surface area contributed by atoms with Crippen LogP contribution < -0.4 is 0 Å². The van der Waals surface area contributed by atoms with Crippen LogP contribution in [0.1, 0.15) is 56.2 Å². The highest BCUT2D eigenvalue weighted by molar-refractivity contribution is 5.13. The van der Waals surface area contributed by atoms with Crippen LogP contribution >= 0.6 is 0 Å². The quantitative estimate of drug-likeness (QED) is 0.927. The minimum atomic E-state index is 0.408. The molecular weight excluding hydrogens is 262 g/mol. The van der Waals surface area contributed by atoms with Gasteiger partial charge in [0.1, 0.15) is 5.82 Å². The van der Waals surface area contributed by atoms with E-state index in [-0.39, 0.29) is 0 Å². The predicted octanol–water partition coefficient (Wildman–Crippen LogP) is 3.06. The summed E-state index contributed by atoms with van der Waals surface area (Å²) < 4.78 is 5.80. The number of H-pyrrole nitrogens is 1. The number of piperidine rings is 1. The highest BCUT2D eigenvalue weighted by Gasteiger charge is 2.45. The second-order valence-corrected chi connectivity index (χ2v) is 6.90. The Hall–Kier alpha value is -0.870. The van der Waals surface area contributed by atoms with Crippen molar-refractivity contribution in [1.29, 1.82) is 0 Å². The standard InChI is InChI=1S/C17H29N3O/c1-4-16-18-13(2)14(19-16)11-20-10-6-9-17(12-20)8-5-7-15(17)21-3/h15H,4-12H2,1-3H3,(H,18,19)/t15-,17-/m1/s1. The molecule has 0 bridgehead atoms. The fourth-order valence-electron chi connectivity index (χ4n) is 4.43. The largest absolute Gasteiger partial charge is 0.381 e. The SMILES string of the molecule is CCc1nc(CN2CCC[C@]3(CCC[C@H]3OC)C2)c(C)[nH]1. The van der Waals surface area contributed by atoms with Crippen LogP contribution in [0.4, 0.5) is 0 Å². The molecule has 4 nitrogen and oxygen atoms in total. The topological polar surface area (TPSA) is 41.2 Å². The van der Waals surface area contributed by atoms with Gasteiger partial charge in [0.25, 0.3) is 0 Å². The zero-order chi connectivity index (χ0) is 14.9. The molecule has 118 valence electrons. The van der Waals surface area contributed by atoms with Gasteiger partial charge in [-0.1, -0.05) is 13.3 Å². The summed E-state index contributed by atoms with van der Waals surface area (Å²) in [7, 11) is 1.89. The Morgan fingerprint density at radius 2 is 2.19 bits per heavy atom. The van der Waals surface area contributed by atoms with E-state index in [1.165, 1.54) is 56.6 Å². The predicted molar refractivity (Wildman–Crippen MR) is 84.3 cm³/mol. The van der Waals surface area contributed by atoms with E-state index < -0.39 is 0 Å². The summed E-state index contributed by atoms with van der Waals surface area (Å²) >= 11 is 0. The van der Waals surface area contributed by atoms with Crippen molar-refractivity contribution < 1.29 is 4.74 Å². The van der Waals surface area contributed by atoms with Crippen LogP contribution in [-0.4, -0.2) is 41.2 Å². The normalized spacial score (nSPS) is 30.3. The van der Waals surface area contributed by atoms with Gasteiger partial charge in [0, 0.05) is 37.7 Å². The molecule has 1 saturated heterocycles. The monoisotopic (exact) mass is 291 g/mol. The number of hydrogen-bond acceptors (Lipinski definition) is 3. The van der Waals surface area contributed by atoms with Gasteiger partial charge in [-0.05, 0) is 39.2 Å². The molecule has 2 aliphatic rings. The van der Waals surface area contributed by atoms with Gasteiger partial charge in [-0.3, -0.25) is 4.90 Å². The number of aromatic nitrogens is 2. The lowest BCUT2D eigenvalue weighted by molar-refractivity contribution is -0.0368. The third-order valence-corrected chi connectivity index (χ3v) is 5.54. The van der Waals surface area contributed by atoms with Crippen molar-refractivity contribution in [3.8, 4) is 0 Å². The molecule has 2 fully saturated rings. The Bertz CT molecular complexity index is 484. The summed E-state index contributed by atoms with van der Waals surface area (Å²) in [5.74, 6) is 1.12. The summed E-state index contributed by atoms with van der Waals surface area (Å²) in [5, 5.41) is 0. The molecule has 1 N–H and O–H groups in total. The fourth-order valence-corrected chi connectivity index (χ4v) is 4.43. The molecule has 1 spiro atoms. The van der Waals surface area contributed by atoms with Crippen LogP contribution in [0.3, 0.4) is 0 Å². The molecule has 1 aromatic rings. The first kappa shape index (κ1) is 15.0. The number of rotatable bonds is 4. The molecule has 1 aliphatic carbocycles. The molecule has 0 aromatic carbocycles. The number of methoxy groups -OCH3 is 1. The first-order valence-electron chi connectivity index (χ1n) is 8.46. The number of nitrogens with zero attached hydrogens (tertiary/aromatic N) is 2. The molecule has 2 heterocycles. The van der Waals surface area contributed by atoms with Crippen molar-refractivity contribution in [3.63, 3.8) is 0 Å². The summed E-state index contributed by atoms with van der Waals surface area (Å²) in [5.41, 5.74) is 2.88. The van der Waals surface area contributed by atoms with Gasteiger partial charge >= 0.3 is 0 Å². The minimum Gasteiger partial charge on any atom is -0.381 e. The van der Waals surface area contributed by atoms with Crippen molar-refractivity contribution in [1.82, 2.24) is 14.9 Å². The summed E-state index contributed by atoms with van der Waals surface area (Å²) in [6.07, 6.45) is 7.98. The van der Waals surface area contributed by atoms with Crippen molar-refractivity contribution in [2.75, 3.05) is 20.2 Å². The summed E-state index contributed by atoms with van der Waals surface area (Å²) in [4.78, 5) is 10.8. The third-order valence-electron chi connectivity index (χ3n) is 5.54. The smallest absolute Gasteiger partial charge is 0.106 e. The number of aryl methyl sites for hydroxylation is 2. The van der Waals surface area contributed by atoms with E-state index in [2.05, 4.69) is 23.7 Å². The number of ether oxygens (including phenoxy) is 1. The highest BCUT2D eigenvalue weighted by Crippen LogP contribution is 2.46. The number of imidazole rings is 1. The number of likely N-dealkylation sites (tertiary alicyclic amines) is 1. The van der Waals surface area contributed by atoms with E-state index in [0.29, 0.717) is 11.5 Å². The molecular formula is C17H29N3O. The van der Waals surface area contributed by atoms with E-state index in [0.717, 1.165) is 18.8 Å². The number of nitrogens with one attached hydrogen (secondary N) is 1. The molecule has 1 saturated carbocycles. The maximum Gasteiger partial charge on any atom is 0.106 e. The van der Waals surface area contributed by atoms with Gasteiger partial charge in [-0.2, -0.15) is 0 Å². The molecule has 0 radical (unpaired) electrons. The molecule has 3 rings (SSSR count). The van der Waals surface area contributed by atoms with E-state index >= 15 is 0 Å². The maximum atomic E-state index is 5.80. The Kier molecular flexibility index (Phi) is 4.36. The van der Waals surface area contributed by atoms with E-state index in [1.54, 1.807) is 0 Å². The molecule has 0 unspecified atom stereocenters. The Morgan fingerprint density at radius 3 is 2.90 bits per heavy atom.